The molecular weight excluding hydrogens is 388 g/mol. The normalized spacial score (nSPS) is 13.0. The van der Waals surface area contributed by atoms with Crippen LogP contribution in [-0.4, -0.2) is 36.2 Å². The van der Waals surface area contributed by atoms with Crippen LogP contribution in [-0.2, 0) is 13.1 Å². The lowest BCUT2D eigenvalue weighted by atomic mass is 10.0. The standard InChI is InChI=1S/C24H18N6O/c31-24(30-12-18-4-1-2-5-19(18)13-30)17-7-3-6-15(10-17)22-20-11-16(23-25-14-26-29-23)8-9-21(20)27-28-22/h1-11,14H,12-13H2,(H,27,28)(H,25,26,29). The van der Waals surface area contributed by atoms with Crippen LogP contribution >= 0.6 is 0 Å². The van der Waals surface area contributed by atoms with Gasteiger partial charge in [-0.3, -0.25) is 15.0 Å². The Morgan fingerprint density at radius 2 is 1.71 bits per heavy atom. The third kappa shape index (κ3) is 2.98. The third-order valence-electron chi connectivity index (χ3n) is 5.76. The molecule has 1 aliphatic heterocycles. The molecule has 31 heavy (non-hydrogen) atoms. The number of aromatic nitrogens is 5. The van der Waals surface area contributed by atoms with Gasteiger partial charge in [0, 0.05) is 35.2 Å². The Morgan fingerprint density at radius 3 is 2.48 bits per heavy atom. The fraction of sp³-hybridized carbons (Fsp3) is 0.0833. The number of aromatic amines is 2. The van der Waals surface area contributed by atoms with E-state index in [1.807, 2.05) is 59.5 Å². The molecule has 0 radical (unpaired) electrons. The van der Waals surface area contributed by atoms with Crippen molar-refractivity contribution in [2.24, 2.45) is 0 Å². The number of amides is 1. The van der Waals surface area contributed by atoms with Crippen LogP contribution in [0.25, 0.3) is 33.5 Å². The fourth-order valence-corrected chi connectivity index (χ4v) is 4.18. The van der Waals surface area contributed by atoms with Crippen molar-refractivity contribution in [3.8, 4) is 22.6 Å². The molecule has 0 saturated heterocycles. The van der Waals surface area contributed by atoms with Gasteiger partial charge in [-0.25, -0.2) is 4.98 Å². The number of carbonyl (C=O) groups is 1. The van der Waals surface area contributed by atoms with Crippen LogP contribution in [0.4, 0.5) is 0 Å². The first-order valence-electron chi connectivity index (χ1n) is 10.1. The Morgan fingerprint density at radius 1 is 0.871 bits per heavy atom. The quantitative estimate of drug-likeness (QED) is 0.470. The summed E-state index contributed by atoms with van der Waals surface area (Å²) in [5.74, 6) is 0.729. The monoisotopic (exact) mass is 406 g/mol. The first-order chi connectivity index (χ1) is 15.3. The zero-order valence-corrected chi connectivity index (χ0v) is 16.5. The smallest absolute Gasteiger partial charge is 0.254 e. The molecule has 7 heteroatoms. The summed E-state index contributed by atoms with van der Waals surface area (Å²) in [6, 6.07) is 21.8. The minimum Gasteiger partial charge on any atom is -0.330 e. The van der Waals surface area contributed by atoms with Crippen LogP contribution in [0.3, 0.4) is 0 Å². The predicted molar refractivity (Wildman–Crippen MR) is 117 cm³/mol. The highest BCUT2D eigenvalue weighted by molar-refractivity contribution is 5.99. The number of H-pyrrole nitrogens is 2. The molecule has 7 nitrogen and oxygen atoms in total. The molecule has 5 aromatic rings. The average molecular weight is 406 g/mol. The summed E-state index contributed by atoms with van der Waals surface area (Å²) in [6.45, 7) is 1.29. The molecule has 0 atom stereocenters. The number of fused-ring (bicyclic) bond motifs is 2. The molecule has 0 saturated carbocycles. The van der Waals surface area contributed by atoms with Crippen molar-refractivity contribution < 1.29 is 4.79 Å². The van der Waals surface area contributed by atoms with Crippen molar-refractivity contribution in [3.05, 3.63) is 89.7 Å². The Hall–Kier alpha value is -4.26. The molecular formula is C24H18N6O. The number of benzene rings is 3. The Labute approximate surface area is 177 Å². The van der Waals surface area contributed by atoms with Gasteiger partial charge in [0.05, 0.1) is 11.2 Å². The number of rotatable bonds is 3. The molecule has 3 aromatic carbocycles. The zero-order chi connectivity index (χ0) is 20.8. The van der Waals surface area contributed by atoms with E-state index >= 15 is 0 Å². The summed E-state index contributed by atoms with van der Waals surface area (Å²) in [5, 5.41) is 15.4. The van der Waals surface area contributed by atoms with Gasteiger partial charge >= 0.3 is 0 Å². The van der Waals surface area contributed by atoms with Crippen molar-refractivity contribution >= 4 is 16.8 Å². The van der Waals surface area contributed by atoms with Gasteiger partial charge in [-0.1, -0.05) is 36.4 Å². The van der Waals surface area contributed by atoms with E-state index in [1.54, 1.807) is 0 Å². The molecule has 6 rings (SSSR count). The molecule has 0 spiro atoms. The number of nitrogens with one attached hydrogen (secondary N) is 2. The Kier molecular flexibility index (Phi) is 3.92. The van der Waals surface area contributed by atoms with Gasteiger partial charge in [0.15, 0.2) is 5.82 Å². The number of hydrogen-bond donors (Lipinski definition) is 2. The van der Waals surface area contributed by atoms with Crippen molar-refractivity contribution in [2.45, 2.75) is 13.1 Å². The third-order valence-corrected chi connectivity index (χ3v) is 5.76. The van der Waals surface area contributed by atoms with Crippen LogP contribution in [0.2, 0.25) is 0 Å². The SMILES string of the molecule is O=C(c1cccc(-c2n[nH]c3ccc(-c4ncn[nH]4)cc23)c1)N1Cc2ccccc2C1. The van der Waals surface area contributed by atoms with Crippen molar-refractivity contribution in [1.82, 2.24) is 30.3 Å². The van der Waals surface area contributed by atoms with E-state index in [1.165, 1.54) is 17.5 Å². The molecule has 2 N–H and O–H groups in total. The second-order valence-electron chi connectivity index (χ2n) is 7.68. The van der Waals surface area contributed by atoms with Crippen LogP contribution in [0, 0.1) is 0 Å². The van der Waals surface area contributed by atoms with Gasteiger partial charge in [0.1, 0.15) is 6.33 Å². The summed E-state index contributed by atoms with van der Waals surface area (Å²) < 4.78 is 0. The minimum atomic E-state index is 0.0280. The molecule has 2 aromatic heterocycles. The lowest BCUT2D eigenvalue weighted by Crippen LogP contribution is -2.25. The maximum atomic E-state index is 13.2. The minimum absolute atomic E-state index is 0.0280. The highest BCUT2D eigenvalue weighted by atomic mass is 16.2. The molecule has 0 aliphatic carbocycles. The summed E-state index contributed by atoms with van der Waals surface area (Å²) in [4.78, 5) is 19.3. The number of hydrogen-bond acceptors (Lipinski definition) is 4. The molecule has 0 fully saturated rings. The molecule has 0 unspecified atom stereocenters. The van der Waals surface area contributed by atoms with Gasteiger partial charge < -0.3 is 4.90 Å². The van der Waals surface area contributed by atoms with E-state index in [2.05, 4.69) is 37.5 Å². The second kappa shape index (κ2) is 6.91. The summed E-state index contributed by atoms with van der Waals surface area (Å²) >= 11 is 0. The summed E-state index contributed by atoms with van der Waals surface area (Å²) in [6.07, 6.45) is 1.49. The van der Waals surface area contributed by atoms with E-state index in [-0.39, 0.29) is 5.91 Å². The molecule has 1 aliphatic rings. The van der Waals surface area contributed by atoms with Crippen molar-refractivity contribution in [3.63, 3.8) is 0 Å². The summed E-state index contributed by atoms with van der Waals surface area (Å²) in [7, 11) is 0. The fourth-order valence-electron chi connectivity index (χ4n) is 4.18. The highest BCUT2D eigenvalue weighted by Gasteiger charge is 2.24. The molecule has 0 bridgehead atoms. The average Bonchev–Trinajstić information content (AvgIpc) is 3.57. The van der Waals surface area contributed by atoms with Gasteiger partial charge in [0.25, 0.3) is 5.91 Å². The van der Waals surface area contributed by atoms with E-state index < -0.39 is 0 Å². The van der Waals surface area contributed by atoms with Gasteiger partial charge in [-0.05, 0) is 41.5 Å². The first kappa shape index (κ1) is 17.6. The molecule has 3 heterocycles. The van der Waals surface area contributed by atoms with Crippen LogP contribution in [0.5, 0.6) is 0 Å². The predicted octanol–water partition coefficient (Wildman–Crippen LogP) is 4.17. The first-order valence-corrected chi connectivity index (χ1v) is 10.1. The maximum Gasteiger partial charge on any atom is 0.254 e. The van der Waals surface area contributed by atoms with Gasteiger partial charge in [0.2, 0.25) is 0 Å². The largest absolute Gasteiger partial charge is 0.330 e. The number of carbonyl (C=O) groups excluding carboxylic acids is 1. The van der Waals surface area contributed by atoms with Crippen molar-refractivity contribution in [2.75, 3.05) is 0 Å². The zero-order valence-electron chi connectivity index (χ0n) is 16.5. The van der Waals surface area contributed by atoms with E-state index in [9.17, 15) is 4.79 Å². The number of nitrogens with zero attached hydrogens (tertiary/aromatic N) is 4. The topological polar surface area (TPSA) is 90.6 Å². The van der Waals surface area contributed by atoms with Crippen LogP contribution < -0.4 is 0 Å². The van der Waals surface area contributed by atoms with Gasteiger partial charge in [-0.15, -0.1) is 0 Å². The van der Waals surface area contributed by atoms with Crippen LogP contribution in [0.1, 0.15) is 21.5 Å². The molecule has 1 amide bonds. The summed E-state index contributed by atoms with van der Waals surface area (Å²) in [5.41, 5.74) is 6.63. The lowest BCUT2D eigenvalue weighted by molar-refractivity contribution is 0.0751. The second-order valence-corrected chi connectivity index (χ2v) is 7.68. The van der Waals surface area contributed by atoms with E-state index in [0.717, 1.165) is 27.7 Å². The Balaban J connectivity index is 1.35. The van der Waals surface area contributed by atoms with Gasteiger partial charge in [-0.2, -0.15) is 10.2 Å². The van der Waals surface area contributed by atoms with E-state index in [4.69, 9.17) is 0 Å². The van der Waals surface area contributed by atoms with Crippen LogP contribution in [0.15, 0.2) is 73.1 Å². The van der Waals surface area contributed by atoms with Crippen molar-refractivity contribution in [1.29, 1.82) is 0 Å². The lowest BCUT2D eigenvalue weighted by Gasteiger charge is -2.16. The highest BCUT2D eigenvalue weighted by Crippen LogP contribution is 2.31. The maximum absolute atomic E-state index is 13.2. The van der Waals surface area contributed by atoms with E-state index in [0.29, 0.717) is 24.5 Å². The molecule has 150 valence electrons. The Bertz CT molecular complexity index is 1390.